The minimum atomic E-state index is 0.878. The average molecular weight is 248 g/mol. The van der Waals surface area contributed by atoms with Crippen LogP contribution in [0.5, 0.6) is 5.75 Å². The number of benzene rings is 1. The van der Waals surface area contributed by atoms with Crippen molar-refractivity contribution in [3.05, 3.63) is 24.3 Å². The van der Waals surface area contributed by atoms with Gasteiger partial charge in [-0.05, 0) is 50.9 Å². The van der Waals surface area contributed by atoms with Crippen molar-refractivity contribution in [2.75, 3.05) is 38.7 Å². The van der Waals surface area contributed by atoms with Crippen LogP contribution in [-0.2, 0) is 0 Å². The Hall–Kier alpha value is -1.22. The number of rotatable bonds is 5. The van der Waals surface area contributed by atoms with Crippen molar-refractivity contribution in [1.82, 2.24) is 5.32 Å². The van der Waals surface area contributed by atoms with Crippen LogP contribution in [-0.4, -0.2) is 33.8 Å². The minimum Gasteiger partial charge on any atom is -0.495 e. The molecule has 0 bridgehead atoms. The molecule has 0 spiro atoms. The number of nitrogens with zero attached hydrogens (tertiary/aromatic N) is 1. The summed E-state index contributed by atoms with van der Waals surface area (Å²) in [5, 5.41) is 3.24. The highest BCUT2D eigenvalue weighted by Gasteiger charge is 2.20. The first-order valence-corrected chi connectivity index (χ1v) is 6.87. The second kappa shape index (κ2) is 6.64. The Morgan fingerprint density at radius 1 is 1.28 bits per heavy atom. The van der Waals surface area contributed by atoms with Gasteiger partial charge in [-0.2, -0.15) is 0 Å². The maximum absolute atomic E-state index is 5.44. The molecule has 1 N–H and O–H groups in total. The Morgan fingerprint density at radius 2 is 2.00 bits per heavy atom. The zero-order valence-electron chi connectivity index (χ0n) is 11.5. The van der Waals surface area contributed by atoms with Crippen molar-refractivity contribution in [3.63, 3.8) is 0 Å². The molecule has 1 fully saturated rings. The number of hydrogen-bond acceptors (Lipinski definition) is 3. The number of anilines is 1. The Morgan fingerprint density at radius 3 is 2.67 bits per heavy atom. The molecule has 1 aromatic rings. The van der Waals surface area contributed by atoms with Crippen LogP contribution in [0.15, 0.2) is 24.3 Å². The van der Waals surface area contributed by atoms with Crippen LogP contribution in [0.3, 0.4) is 0 Å². The Kier molecular flexibility index (Phi) is 4.88. The minimum absolute atomic E-state index is 0.878. The average Bonchev–Trinajstić information content (AvgIpc) is 2.45. The number of piperidine rings is 1. The van der Waals surface area contributed by atoms with Crippen LogP contribution in [0, 0.1) is 5.92 Å². The van der Waals surface area contributed by atoms with Crippen LogP contribution < -0.4 is 15.0 Å². The third-order valence-electron chi connectivity index (χ3n) is 3.84. The summed E-state index contributed by atoms with van der Waals surface area (Å²) in [6.45, 7) is 3.43. The summed E-state index contributed by atoms with van der Waals surface area (Å²) >= 11 is 0. The molecule has 0 aliphatic carbocycles. The van der Waals surface area contributed by atoms with Crippen molar-refractivity contribution in [3.8, 4) is 5.75 Å². The van der Waals surface area contributed by atoms with E-state index in [0.29, 0.717) is 0 Å². The van der Waals surface area contributed by atoms with Crippen LogP contribution >= 0.6 is 0 Å². The molecule has 3 heteroatoms. The first-order valence-electron chi connectivity index (χ1n) is 6.87. The maximum atomic E-state index is 5.44. The van der Waals surface area contributed by atoms with Crippen LogP contribution in [0.25, 0.3) is 0 Å². The summed E-state index contributed by atoms with van der Waals surface area (Å²) in [6.07, 6.45) is 3.88. The fourth-order valence-corrected chi connectivity index (χ4v) is 2.70. The molecule has 0 aromatic heterocycles. The molecule has 1 aliphatic heterocycles. The number of methoxy groups -OCH3 is 1. The van der Waals surface area contributed by atoms with Gasteiger partial charge in [-0.15, -0.1) is 0 Å². The summed E-state index contributed by atoms with van der Waals surface area (Å²) in [6, 6.07) is 8.32. The quantitative estimate of drug-likeness (QED) is 0.866. The highest BCUT2D eigenvalue weighted by molar-refractivity contribution is 5.58. The van der Waals surface area contributed by atoms with Crippen LogP contribution in [0.2, 0.25) is 0 Å². The molecule has 0 saturated carbocycles. The second-order valence-electron chi connectivity index (χ2n) is 4.99. The second-order valence-corrected chi connectivity index (χ2v) is 4.99. The molecule has 100 valence electrons. The summed E-state index contributed by atoms with van der Waals surface area (Å²) in [7, 11) is 3.78. The van der Waals surface area contributed by atoms with E-state index in [9.17, 15) is 0 Å². The Labute approximate surface area is 110 Å². The van der Waals surface area contributed by atoms with Gasteiger partial charge in [0.1, 0.15) is 5.75 Å². The lowest BCUT2D eigenvalue weighted by atomic mass is 9.93. The molecular formula is C15H24N2O. The molecule has 3 nitrogen and oxygen atoms in total. The Bertz CT molecular complexity index is 359. The highest BCUT2D eigenvalue weighted by atomic mass is 16.5. The van der Waals surface area contributed by atoms with E-state index in [0.717, 1.165) is 31.3 Å². The molecule has 1 saturated heterocycles. The van der Waals surface area contributed by atoms with E-state index in [4.69, 9.17) is 4.74 Å². The van der Waals surface area contributed by atoms with Crippen molar-refractivity contribution in [1.29, 1.82) is 0 Å². The van der Waals surface area contributed by atoms with Gasteiger partial charge in [-0.3, -0.25) is 0 Å². The summed E-state index contributed by atoms with van der Waals surface area (Å²) in [5.41, 5.74) is 1.24. The molecule has 0 amide bonds. The van der Waals surface area contributed by atoms with Gasteiger partial charge in [-0.25, -0.2) is 0 Å². The normalized spacial score (nSPS) is 16.9. The smallest absolute Gasteiger partial charge is 0.142 e. The van der Waals surface area contributed by atoms with Crippen LogP contribution in [0.1, 0.15) is 19.3 Å². The fourth-order valence-electron chi connectivity index (χ4n) is 2.70. The molecule has 1 heterocycles. The van der Waals surface area contributed by atoms with Gasteiger partial charge < -0.3 is 15.0 Å². The van der Waals surface area contributed by atoms with E-state index < -0.39 is 0 Å². The van der Waals surface area contributed by atoms with Crippen molar-refractivity contribution in [2.45, 2.75) is 19.3 Å². The van der Waals surface area contributed by atoms with Gasteiger partial charge in [0.15, 0.2) is 0 Å². The van der Waals surface area contributed by atoms with Gasteiger partial charge in [0.25, 0.3) is 0 Å². The molecular weight excluding hydrogens is 224 g/mol. The molecule has 1 aliphatic rings. The van der Waals surface area contributed by atoms with E-state index in [-0.39, 0.29) is 0 Å². The van der Waals surface area contributed by atoms with E-state index >= 15 is 0 Å². The number of hydrogen-bond donors (Lipinski definition) is 1. The van der Waals surface area contributed by atoms with Gasteiger partial charge in [0, 0.05) is 13.1 Å². The highest BCUT2D eigenvalue weighted by Crippen LogP contribution is 2.31. The molecule has 2 rings (SSSR count). The number of nitrogens with one attached hydrogen (secondary N) is 1. The lowest BCUT2D eigenvalue weighted by Crippen LogP contribution is -2.34. The number of para-hydroxylation sites is 2. The third-order valence-corrected chi connectivity index (χ3v) is 3.84. The lowest BCUT2D eigenvalue weighted by Gasteiger charge is -2.34. The summed E-state index contributed by atoms with van der Waals surface area (Å²) in [5.74, 6) is 1.87. The molecule has 18 heavy (non-hydrogen) atoms. The summed E-state index contributed by atoms with van der Waals surface area (Å²) < 4.78 is 5.44. The zero-order valence-corrected chi connectivity index (χ0v) is 11.5. The third kappa shape index (κ3) is 3.16. The SMILES string of the molecule is CNCCC1CCN(c2ccccc2OC)CC1. The standard InChI is InChI=1S/C15H24N2O/c1-16-10-7-13-8-11-17(12-9-13)14-5-3-4-6-15(14)18-2/h3-6,13,16H,7-12H2,1-2H3. The van der Waals surface area contributed by atoms with Crippen molar-refractivity contribution in [2.24, 2.45) is 5.92 Å². The fraction of sp³-hybridized carbons (Fsp3) is 0.600. The first kappa shape index (κ1) is 13.2. The largest absolute Gasteiger partial charge is 0.495 e. The van der Waals surface area contributed by atoms with E-state index in [2.05, 4.69) is 22.3 Å². The molecule has 0 atom stereocenters. The molecule has 0 radical (unpaired) electrons. The lowest BCUT2D eigenvalue weighted by molar-refractivity contribution is 0.372. The van der Waals surface area contributed by atoms with Crippen molar-refractivity contribution < 1.29 is 4.74 Å². The van der Waals surface area contributed by atoms with Gasteiger partial charge >= 0.3 is 0 Å². The molecule has 0 unspecified atom stereocenters. The van der Waals surface area contributed by atoms with Gasteiger partial charge in [0.05, 0.1) is 12.8 Å². The maximum Gasteiger partial charge on any atom is 0.142 e. The first-order chi connectivity index (χ1) is 8.85. The topological polar surface area (TPSA) is 24.5 Å². The van der Waals surface area contributed by atoms with Gasteiger partial charge in [0.2, 0.25) is 0 Å². The van der Waals surface area contributed by atoms with Crippen molar-refractivity contribution >= 4 is 5.69 Å². The summed E-state index contributed by atoms with van der Waals surface area (Å²) in [4.78, 5) is 2.45. The monoisotopic (exact) mass is 248 g/mol. The van der Waals surface area contributed by atoms with E-state index in [1.165, 1.54) is 24.9 Å². The predicted molar refractivity (Wildman–Crippen MR) is 76.5 cm³/mol. The van der Waals surface area contributed by atoms with E-state index in [1.807, 2.05) is 19.2 Å². The van der Waals surface area contributed by atoms with Gasteiger partial charge in [-0.1, -0.05) is 12.1 Å². The Balaban J connectivity index is 1.92. The zero-order chi connectivity index (χ0) is 12.8. The molecule has 1 aromatic carbocycles. The van der Waals surface area contributed by atoms with E-state index in [1.54, 1.807) is 7.11 Å². The van der Waals surface area contributed by atoms with Crippen LogP contribution in [0.4, 0.5) is 5.69 Å². The number of ether oxygens (including phenoxy) is 1. The predicted octanol–water partition coefficient (Wildman–Crippen LogP) is 2.52.